The zero-order valence-corrected chi connectivity index (χ0v) is 18.4. The lowest BCUT2D eigenvalue weighted by molar-refractivity contribution is -0.0230. The van der Waals surface area contributed by atoms with Gasteiger partial charge in [0.1, 0.15) is 29.0 Å². The van der Waals surface area contributed by atoms with Crippen molar-refractivity contribution in [1.82, 2.24) is 0 Å². The fourth-order valence-electron chi connectivity index (χ4n) is 4.32. The standard InChI is InChI=1S/C25H30O6/c1-24(2)9-8-16-15(6-5-7-21(16)31-24)18(26)12-19(27)17-10-14-11-23(25(3,4)29)30-22(14)13-20(17)28/h5-7,10,13,18,23,26,28-29H,8-9,11-12H2,1-4H3. The molecule has 0 fully saturated rings. The quantitative estimate of drug-likeness (QED) is 0.628. The number of carbonyl (C=O) groups excluding carboxylic acids is 1. The summed E-state index contributed by atoms with van der Waals surface area (Å²) in [6.07, 6.45) is 0.441. The van der Waals surface area contributed by atoms with Crippen LogP contribution in [-0.2, 0) is 12.8 Å². The Morgan fingerprint density at radius 3 is 2.71 bits per heavy atom. The summed E-state index contributed by atoms with van der Waals surface area (Å²) in [7, 11) is 0. The smallest absolute Gasteiger partial charge is 0.169 e. The van der Waals surface area contributed by atoms with E-state index >= 15 is 0 Å². The third kappa shape index (κ3) is 4.27. The number of rotatable bonds is 5. The average molecular weight is 427 g/mol. The molecule has 2 aliphatic heterocycles. The van der Waals surface area contributed by atoms with Crippen molar-refractivity contribution >= 4 is 5.78 Å². The van der Waals surface area contributed by atoms with Crippen LogP contribution in [0.15, 0.2) is 30.3 Å². The van der Waals surface area contributed by atoms with E-state index in [9.17, 15) is 20.1 Å². The number of aliphatic hydroxyl groups is 2. The molecule has 0 aliphatic carbocycles. The molecule has 2 heterocycles. The third-order valence-corrected chi connectivity index (χ3v) is 6.21. The number of ether oxygens (including phenoxy) is 2. The van der Waals surface area contributed by atoms with Gasteiger partial charge >= 0.3 is 0 Å². The average Bonchev–Trinajstić information content (AvgIpc) is 3.09. The van der Waals surface area contributed by atoms with E-state index in [1.54, 1.807) is 19.9 Å². The van der Waals surface area contributed by atoms with Crippen LogP contribution in [0.4, 0.5) is 0 Å². The third-order valence-electron chi connectivity index (χ3n) is 6.21. The van der Waals surface area contributed by atoms with Crippen molar-refractivity contribution in [3.05, 3.63) is 52.6 Å². The van der Waals surface area contributed by atoms with Gasteiger partial charge in [-0.05, 0) is 63.8 Å². The lowest BCUT2D eigenvalue weighted by atomic mass is 9.88. The summed E-state index contributed by atoms with van der Waals surface area (Å²) in [5.74, 6) is 0.677. The van der Waals surface area contributed by atoms with Gasteiger partial charge in [-0.2, -0.15) is 0 Å². The lowest BCUT2D eigenvalue weighted by Gasteiger charge is -2.34. The van der Waals surface area contributed by atoms with Gasteiger partial charge in [0.05, 0.1) is 17.3 Å². The maximum absolute atomic E-state index is 13.0. The number of Topliss-reactive ketones (excluding diaryl/α,β-unsaturated/α-hetero) is 1. The van der Waals surface area contributed by atoms with Gasteiger partial charge in [0.2, 0.25) is 0 Å². The molecule has 31 heavy (non-hydrogen) atoms. The van der Waals surface area contributed by atoms with Gasteiger partial charge < -0.3 is 24.8 Å². The molecular formula is C25H30O6. The van der Waals surface area contributed by atoms with E-state index in [4.69, 9.17) is 9.47 Å². The van der Waals surface area contributed by atoms with Crippen molar-refractivity contribution in [1.29, 1.82) is 0 Å². The summed E-state index contributed by atoms with van der Waals surface area (Å²) < 4.78 is 11.8. The molecule has 6 heteroatoms. The maximum atomic E-state index is 13.0. The van der Waals surface area contributed by atoms with Crippen LogP contribution >= 0.6 is 0 Å². The summed E-state index contributed by atoms with van der Waals surface area (Å²) in [5, 5.41) is 31.5. The Balaban J connectivity index is 1.54. The molecule has 0 saturated heterocycles. The predicted octanol–water partition coefficient (Wildman–Crippen LogP) is 3.88. The molecule has 2 unspecified atom stereocenters. The minimum atomic E-state index is -1.04. The minimum absolute atomic E-state index is 0.151. The first-order valence-electron chi connectivity index (χ1n) is 10.7. The Kier molecular flexibility index (Phi) is 5.26. The van der Waals surface area contributed by atoms with Gasteiger partial charge in [-0.15, -0.1) is 0 Å². The second-order valence-corrected chi connectivity index (χ2v) is 9.77. The van der Waals surface area contributed by atoms with E-state index in [-0.39, 0.29) is 29.1 Å². The van der Waals surface area contributed by atoms with Gasteiger partial charge in [-0.1, -0.05) is 12.1 Å². The molecule has 0 bridgehead atoms. The molecule has 2 atom stereocenters. The molecule has 4 rings (SSSR count). The number of phenolic OH excluding ortho intramolecular Hbond substituents is 1. The van der Waals surface area contributed by atoms with Crippen LogP contribution < -0.4 is 9.47 Å². The SMILES string of the molecule is CC1(C)CCc2c(cccc2C(O)CC(=O)c2cc3c(cc2O)OC(C(C)(C)O)C3)O1. The van der Waals surface area contributed by atoms with Gasteiger partial charge in [-0.25, -0.2) is 0 Å². The highest BCUT2D eigenvalue weighted by atomic mass is 16.5. The number of carbonyl (C=O) groups is 1. The fraction of sp³-hybridized carbons (Fsp3) is 0.480. The minimum Gasteiger partial charge on any atom is -0.507 e. The molecule has 3 N–H and O–H groups in total. The van der Waals surface area contributed by atoms with Gasteiger partial charge in [0.15, 0.2) is 5.78 Å². The summed E-state index contributed by atoms with van der Waals surface area (Å²) in [6, 6.07) is 8.56. The highest BCUT2D eigenvalue weighted by molar-refractivity contribution is 5.99. The van der Waals surface area contributed by atoms with Gasteiger partial charge in [0.25, 0.3) is 0 Å². The largest absolute Gasteiger partial charge is 0.507 e. The van der Waals surface area contributed by atoms with Crippen LogP contribution in [0.25, 0.3) is 0 Å². The molecular weight excluding hydrogens is 396 g/mol. The molecule has 166 valence electrons. The highest BCUT2D eigenvalue weighted by Crippen LogP contribution is 2.40. The Bertz CT molecular complexity index is 1020. The summed E-state index contributed by atoms with van der Waals surface area (Å²) in [4.78, 5) is 13.0. The van der Waals surface area contributed by atoms with Crippen LogP contribution in [0.5, 0.6) is 17.2 Å². The van der Waals surface area contributed by atoms with E-state index in [1.807, 2.05) is 32.0 Å². The second-order valence-electron chi connectivity index (χ2n) is 9.77. The Labute approximate surface area is 182 Å². The fourth-order valence-corrected chi connectivity index (χ4v) is 4.32. The van der Waals surface area contributed by atoms with Crippen molar-refractivity contribution in [3.8, 4) is 17.2 Å². The molecule has 0 aromatic heterocycles. The van der Waals surface area contributed by atoms with E-state index in [1.165, 1.54) is 6.07 Å². The molecule has 0 spiro atoms. The molecule has 0 amide bonds. The Morgan fingerprint density at radius 1 is 1.26 bits per heavy atom. The van der Waals surface area contributed by atoms with Crippen molar-refractivity contribution in [2.45, 2.75) is 76.8 Å². The van der Waals surface area contributed by atoms with Crippen LogP contribution in [-0.4, -0.2) is 38.4 Å². The first kappa shape index (κ1) is 21.7. The number of fused-ring (bicyclic) bond motifs is 2. The molecule has 2 aromatic carbocycles. The van der Waals surface area contributed by atoms with Crippen molar-refractivity contribution in [2.24, 2.45) is 0 Å². The summed E-state index contributed by atoms with van der Waals surface area (Å²) >= 11 is 0. The number of aromatic hydroxyl groups is 1. The topological polar surface area (TPSA) is 96.2 Å². The van der Waals surface area contributed by atoms with Crippen molar-refractivity contribution < 1.29 is 29.6 Å². The molecule has 2 aliphatic rings. The summed E-state index contributed by atoms with van der Waals surface area (Å²) in [5.41, 5.74) is 1.23. The van der Waals surface area contributed by atoms with Crippen LogP contribution in [0, 0.1) is 0 Å². The molecule has 0 saturated carbocycles. The van der Waals surface area contributed by atoms with Gasteiger partial charge in [0, 0.05) is 24.5 Å². The van der Waals surface area contributed by atoms with E-state index in [0.29, 0.717) is 17.7 Å². The van der Waals surface area contributed by atoms with Crippen molar-refractivity contribution in [3.63, 3.8) is 0 Å². The van der Waals surface area contributed by atoms with E-state index < -0.39 is 17.8 Å². The van der Waals surface area contributed by atoms with Crippen LogP contribution in [0.3, 0.4) is 0 Å². The molecule has 6 nitrogen and oxygen atoms in total. The monoisotopic (exact) mass is 426 g/mol. The Morgan fingerprint density at radius 2 is 2.00 bits per heavy atom. The molecule has 2 aromatic rings. The van der Waals surface area contributed by atoms with Gasteiger partial charge in [-0.3, -0.25) is 4.79 Å². The number of hydrogen-bond acceptors (Lipinski definition) is 6. The zero-order chi connectivity index (χ0) is 22.6. The predicted molar refractivity (Wildman–Crippen MR) is 116 cm³/mol. The second kappa shape index (κ2) is 7.53. The first-order valence-corrected chi connectivity index (χ1v) is 10.7. The number of aliphatic hydroxyl groups excluding tert-OH is 1. The van der Waals surface area contributed by atoms with Crippen LogP contribution in [0.2, 0.25) is 0 Å². The summed E-state index contributed by atoms with van der Waals surface area (Å²) in [6.45, 7) is 7.39. The highest BCUT2D eigenvalue weighted by Gasteiger charge is 2.36. The first-order chi connectivity index (χ1) is 14.4. The number of benzene rings is 2. The van der Waals surface area contributed by atoms with E-state index in [0.717, 1.165) is 29.7 Å². The number of phenols is 1. The van der Waals surface area contributed by atoms with Crippen molar-refractivity contribution in [2.75, 3.05) is 0 Å². The normalized spacial score (nSPS) is 20.3. The number of hydrogen-bond donors (Lipinski definition) is 3. The molecule has 0 radical (unpaired) electrons. The number of ketones is 1. The van der Waals surface area contributed by atoms with E-state index in [2.05, 4.69) is 0 Å². The maximum Gasteiger partial charge on any atom is 0.169 e. The van der Waals surface area contributed by atoms with Crippen LogP contribution in [0.1, 0.15) is 73.7 Å². The zero-order valence-electron chi connectivity index (χ0n) is 18.4. The lowest BCUT2D eigenvalue weighted by Crippen LogP contribution is -2.39. The Hall–Kier alpha value is -2.57.